The molecule has 5 nitrogen and oxygen atoms in total. The summed E-state index contributed by atoms with van der Waals surface area (Å²) in [7, 11) is 0. The van der Waals surface area contributed by atoms with E-state index >= 15 is 0 Å². The Morgan fingerprint density at radius 3 is 3.05 bits per heavy atom. The van der Waals surface area contributed by atoms with Crippen LogP contribution in [0.25, 0.3) is 11.5 Å². The molecule has 0 amide bonds. The molecule has 0 radical (unpaired) electrons. The normalized spacial score (nSPS) is 24.7. The van der Waals surface area contributed by atoms with E-state index in [1.54, 1.807) is 6.26 Å². The van der Waals surface area contributed by atoms with Crippen molar-refractivity contribution in [3.8, 4) is 11.5 Å². The zero-order valence-electron chi connectivity index (χ0n) is 11.1. The maximum atomic E-state index is 6.05. The van der Waals surface area contributed by atoms with E-state index in [-0.39, 0.29) is 6.04 Å². The lowest BCUT2D eigenvalue weighted by Crippen LogP contribution is -2.45. The Hall–Kier alpha value is -1.59. The van der Waals surface area contributed by atoms with Gasteiger partial charge in [-0.3, -0.25) is 4.90 Å². The molecule has 0 saturated carbocycles. The summed E-state index contributed by atoms with van der Waals surface area (Å²) in [6, 6.07) is 5.90. The number of hydrogen-bond acceptors (Lipinski definition) is 5. The molecule has 0 bridgehead atoms. The molecule has 0 spiro atoms. The Kier molecular flexibility index (Phi) is 3.40. The molecule has 2 aromatic heterocycles. The maximum Gasteiger partial charge on any atom is 0.202 e. The molecule has 102 valence electrons. The van der Waals surface area contributed by atoms with Crippen LogP contribution in [0.15, 0.2) is 33.4 Å². The average Bonchev–Trinajstić information content (AvgIpc) is 2.96. The molecule has 3 heterocycles. The van der Waals surface area contributed by atoms with Gasteiger partial charge in [-0.1, -0.05) is 12.1 Å². The minimum absolute atomic E-state index is 0.264. The van der Waals surface area contributed by atoms with Crippen molar-refractivity contribution in [1.82, 2.24) is 10.1 Å². The van der Waals surface area contributed by atoms with Crippen molar-refractivity contribution in [2.24, 2.45) is 11.7 Å². The van der Waals surface area contributed by atoms with E-state index in [9.17, 15) is 0 Å². The molecule has 1 aliphatic rings. The van der Waals surface area contributed by atoms with Gasteiger partial charge in [-0.25, -0.2) is 0 Å². The van der Waals surface area contributed by atoms with E-state index < -0.39 is 0 Å². The van der Waals surface area contributed by atoms with Crippen molar-refractivity contribution in [2.45, 2.75) is 25.9 Å². The van der Waals surface area contributed by atoms with Gasteiger partial charge in [-0.15, -0.1) is 0 Å². The highest BCUT2D eigenvalue weighted by Crippen LogP contribution is 2.22. The zero-order valence-corrected chi connectivity index (χ0v) is 11.1. The average molecular weight is 261 g/mol. The number of piperidine rings is 1. The fraction of sp³-hybridized carbons (Fsp3) is 0.500. The first kappa shape index (κ1) is 12.4. The molecule has 2 atom stereocenters. The van der Waals surface area contributed by atoms with E-state index in [1.165, 1.54) is 0 Å². The highest BCUT2D eigenvalue weighted by molar-refractivity contribution is 5.49. The Bertz CT molecular complexity index is 511. The first-order valence-electron chi connectivity index (χ1n) is 6.68. The SMILES string of the molecule is CC1CC(N)CN(Cc2cc(-c3ccco3)on2)C1. The Labute approximate surface area is 112 Å². The summed E-state index contributed by atoms with van der Waals surface area (Å²) in [6.45, 7) is 5.01. The van der Waals surface area contributed by atoms with Crippen molar-refractivity contribution < 1.29 is 8.94 Å². The van der Waals surface area contributed by atoms with Gasteiger partial charge in [0.15, 0.2) is 5.76 Å². The van der Waals surface area contributed by atoms with Gasteiger partial charge in [0.05, 0.1) is 12.0 Å². The van der Waals surface area contributed by atoms with E-state index in [1.807, 2.05) is 18.2 Å². The molecule has 2 N–H and O–H groups in total. The largest absolute Gasteiger partial charge is 0.461 e. The monoisotopic (exact) mass is 261 g/mol. The Balaban J connectivity index is 1.67. The lowest BCUT2D eigenvalue weighted by atomic mass is 9.96. The summed E-state index contributed by atoms with van der Waals surface area (Å²) in [6.07, 6.45) is 2.73. The van der Waals surface area contributed by atoms with Crippen LogP contribution in [0.1, 0.15) is 19.0 Å². The first-order chi connectivity index (χ1) is 9.20. The van der Waals surface area contributed by atoms with Crippen molar-refractivity contribution in [2.75, 3.05) is 13.1 Å². The van der Waals surface area contributed by atoms with Gasteiger partial charge in [-0.05, 0) is 24.5 Å². The highest BCUT2D eigenvalue weighted by Gasteiger charge is 2.23. The minimum Gasteiger partial charge on any atom is -0.461 e. The van der Waals surface area contributed by atoms with Crippen LogP contribution in [0.3, 0.4) is 0 Å². The predicted molar refractivity (Wildman–Crippen MR) is 71.2 cm³/mol. The van der Waals surface area contributed by atoms with Gasteiger partial charge in [0.25, 0.3) is 0 Å². The second kappa shape index (κ2) is 5.19. The molecule has 2 aromatic rings. The van der Waals surface area contributed by atoms with E-state index in [0.29, 0.717) is 17.4 Å². The van der Waals surface area contributed by atoms with E-state index in [4.69, 9.17) is 14.7 Å². The summed E-state index contributed by atoms with van der Waals surface area (Å²) >= 11 is 0. The molecule has 5 heteroatoms. The van der Waals surface area contributed by atoms with Gasteiger partial charge in [-0.2, -0.15) is 0 Å². The molecule has 19 heavy (non-hydrogen) atoms. The van der Waals surface area contributed by atoms with Crippen molar-refractivity contribution in [1.29, 1.82) is 0 Å². The molecule has 3 rings (SSSR count). The van der Waals surface area contributed by atoms with Crippen molar-refractivity contribution in [3.05, 3.63) is 30.2 Å². The summed E-state index contributed by atoms with van der Waals surface area (Å²) < 4.78 is 10.6. The molecule has 0 aliphatic carbocycles. The smallest absolute Gasteiger partial charge is 0.202 e. The van der Waals surface area contributed by atoms with Crippen LogP contribution in [0.4, 0.5) is 0 Å². The molecular weight excluding hydrogens is 242 g/mol. The third-order valence-electron chi connectivity index (χ3n) is 3.48. The molecule has 0 aromatic carbocycles. The number of rotatable bonds is 3. The van der Waals surface area contributed by atoms with Crippen LogP contribution >= 0.6 is 0 Å². The number of likely N-dealkylation sites (tertiary alicyclic amines) is 1. The number of furan rings is 1. The summed E-state index contributed by atoms with van der Waals surface area (Å²) in [4.78, 5) is 2.34. The minimum atomic E-state index is 0.264. The number of hydrogen-bond donors (Lipinski definition) is 1. The van der Waals surface area contributed by atoms with Crippen molar-refractivity contribution >= 4 is 0 Å². The van der Waals surface area contributed by atoms with Crippen LogP contribution in [-0.2, 0) is 6.54 Å². The van der Waals surface area contributed by atoms with E-state index in [2.05, 4.69) is 17.0 Å². The summed E-state index contributed by atoms with van der Waals surface area (Å²) in [5.41, 5.74) is 6.97. The summed E-state index contributed by atoms with van der Waals surface area (Å²) in [5.74, 6) is 2.03. The van der Waals surface area contributed by atoms with Gasteiger partial charge in [0.1, 0.15) is 0 Å². The second-order valence-corrected chi connectivity index (χ2v) is 5.45. The van der Waals surface area contributed by atoms with Gasteiger partial charge in [0, 0.05) is 31.7 Å². The lowest BCUT2D eigenvalue weighted by Gasteiger charge is -2.34. The Morgan fingerprint density at radius 2 is 2.32 bits per heavy atom. The zero-order chi connectivity index (χ0) is 13.2. The molecule has 1 saturated heterocycles. The summed E-state index contributed by atoms with van der Waals surface area (Å²) in [5, 5.41) is 4.10. The lowest BCUT2D eigenvalue weighted by molar-refractivity contribution is 0.155. The quantitative estimate of drug-likeness (QED) is 0.916. The number of nitrogens with zero attached hydrogens (tertiary/aromatic N) is 2. The number of aromatic nitrogens is 1. The van der Waals surface area contributed by atoms with Crippen LogP contribution < -0.4 is 5.73 Å². The second-order valence-electron chi connectivity index (χ2n) is 5.45. The topological polar surface area (TPSA) is 68.4 Å². The fourth-order valence-corrected chi connectivity index (χ4v) is 2.79. The highest BCUT2D eigenvalue weighted by atomic mass is 16.5. The van der Waals surface area contributed by atoms with Gasteiger partial charge in [0.2, 0.25) is 5.76 Å². The van der Waals surface area contributed by atoms with Gasteiger partial charge < -0.3 is 14.7 Å². The van der Waals surface area contributed by atoms with Crippen LogP contribution in [0.5, 0.6) is 0 Å². The van der Waals surface area contributed by atoms with E-state index in [0.717, 1.165) is 31.7 Å². The van der Waals surface area contributed by atoms with Crippen LogP contribution in [0, 0.1) is 5.92 Å². The predicted octanol–water partition coefficient (Wildman–Crippen LogP) is 2.10. The molecule has 1 aliphatic heterocycles. The first-order valence-corrected chi connectivity index (χ1v) is 6.68. The fourth-order valence-electron chi connectivity index (χ4n) is 2.79. The molecular formula is C14H19N3O2. The van der Waals surface area contributed by atoms with Crippen molar-refractivity contribution in [3.63, 3.8) is 0 Å². The maximum absolute atomic E-state index is 6.05. The third kappa shape index (κ3) is 2.88. The third-order valence-corrected chi connectivity index (χ3v) is 3.48. The van der Waals surface area contributed by atoms with Gasteiger partial charge >= 0.3 is 0 Å². The van der Waals surface area contributed by atoms with Crippen LogP contribution in [0.2, 0.25) is 0 Å². The standard InChI is InChI=1S/C14H19N3O2/c1-10-5-11(15)8-17(7-10)9-12-6-14(19-16-12)13-3-2-4-18-13/h2-4,6,10-11H,5,7-9,15H2,1H3. The molecule has 1 fully saturated rings. The molecule has 2 unspecified atom stereocenters. The van der Waals surface area contributed by atoms with Crippen LogP contribution in [-0.4, -0.2) is 29.2 Å². The number of nitrogens with two attached hydrogens (primary N) is 1. The Morgan fingerprint density at radius 1 is 1.42 bits per heavy atom.